The molecule has 4 nitrogen and oxygen atoms in total. The lowest BCUT2D eigenvalue weighted by atomic mass is 10.1. The summed E-state index contributed by atoms with van der Waals surface area (Å²) in [5.74, 6) is 1.97. The average molecular weight is 348 g/mol. The molecule has 0 bridgehead atoms. The highest BCUT2D eigenvalue weighted by molar-refractivity contribution is 8.01. The van der Waals surface area contributed by atoms with Crippen molar-refractivity contribution in [3.8, 4) is 0 Å². The zero-order chi connectivity index (χ0) is 16.0. The van der Waals surface area contributed by atoms with E-state index in [1.165, 1.54) is 4.90 Å². The summed E-state index contributed by atoms with van der Waals surface area (Å²) in [5, 5.41) is 0. The van der Waals surface area contributed by atoms with Gasteiger partial charge in [-0.1, -0.05) is 12.1 Å². The van der Waals surface area contributed by atoms with Gasteiger partial charge in [-0.3, -0.25) is 9.59 Å². The highest BCUT2D eigenvalue weighted by Gasteiger charge is 2.53. The molecular weight excluding hydrogens is 328 g/mol. The van der Waals surface area contributed by atoms with Crippen LogP contribution < -0.4 is 4.90 Å². The second-order valence-electron chi connectivity index (χ2n) is 6.43. The quantitative estimate of drug-likeness (QED) is 0.782. The molecular formula is C17H20N2O2S2. The standard InChI is InChI=1S/C17H20N2O2S2/c1-17-8-7-15(20)19(17)13(11-23-17)16(21)18-9-4-10-22-14-6-3-2-5-12(14)18/h2-3,5-6,13H,4,7-11H2,1H3/t13-,17-/m1/s1. The number of hydrogen-bond acceptors (Lipinski definition) is 4. The molecule has 0 N–H and O–H groups in total. The fourth-order valence-corrected chi connectivity index (χ4v) is 6.16. The minimum absolute atomic E-state index is 0.0893. The molecule has 0 aliphatic carbocycles. The van der Waals surface area contributed by atoms with E-state index in [9.17, 15) is 9.59 Å². The number of hydrogen-bond donors (Lipinski definition) is 0. The minimum Gasteiger partial charge on any atom is -0.315 e. The van der Waals surface area contributed by atoms with E-state index in [4.69, 9.17) is 0 Å². The van der Waals surface area contributed by atoms with Crippen LogP contribution in [0.25, 0.3) is 0 Å². The van der Waals surface area contributed by atoms with Gasteiger partial charge < -0.3 is 9.80 Å². The maximum absolute atomic E-state index is 13.3. The molecule has 2 amide bonds. The van der Waals surface area contributed by atoms with Crippen molar-refractivity contribution in [2.75, 3.05) is 23.0 Å². The monoisotopic (exact) mass is 348 g/mol. The zero-order valence-corrected chi connectivity index (χ0v) is 14.8. The van der Waals surface area contributed by atoms with Crippen LogP contribution in [-0.2, 0) is 9.59 Å². The number of thioether (sulfide) groups is 2. The number of amides is 2. The van der Waals surface area contributed by atoms with E-state index >= 15 is 0 Å². The predicted molar refractivity (Wildman–Crippen MR) is 94.9 cm³/mol. The van der Waals surface area contributed by atoms with Gasteiger partial charge in [0.1, 0.15) is 6.04 Å². The average Bonchev–Trinajstić information content (AvgIpc) is 2.94. The number of anilines is 1. The molecule has 0 radical (unpaired) electrons. The highest BCUT2D eigenvalue weighted by atomic mass is 32.2. The second kappa shape index (κ2) is 5.74. The molecule has 3 aliphatic heterocycles. The molecule has 6 heteroatoms. The van der Waals surface area contributed by atoms with Crippen molar-refractivity contribution < 1.29 is 9.59 Å². The molecule has 2 saturated heterocycles. The van der Waals surface area contributed by atoms with Gasteiger partial charge in [0, 0.05) is 23.6 Å². The van der Waals surface area contributed by atoms with Crippen LogP contribution in [0.15, 0.2) is 29.2 Å². The molecule has 0 saturated carbocycles. The Labute approximate surface area is 145 Å². The predicted octanol–water partition coefficient (Wildman–Crippen LogP) is 2.97. The summed E-state index contributed by atoms with van der Waals surface area (Å²) in [7, 11) is 0. The summed E-state index contributed by atoms with van der Waals surface area (Å²) in [6, 6.07) is 7.81. The van der Waals surface area contributed by atoms with Crippen LogP contribution in [0, 0.1) is 0 Å². The van der Waals surface area contributed by atoms with Crippen LogP contribution in [0.4, 0.5) is 5.69 Å². The third-order valence-electron chi connectivity index (χ3n) is 4.94. The Kier molecular flexibility index (Phi) is 3.84. The van der Waals surface area contributed by atoms with Gasteiger partial charge in [-0.25, -0.2) is 0 Å². The summed E-state index contributed by atoms with van der Waals surface area (Å²) in [5.41, 5.74) is 1.00. The summed E-state index contributed by atoms with van der Waals surface area (Å²) in [6.45, 7) is 2.84. The second-order valence-corrected chi connectivity index (χ2v) is 9.06. The lowest BCUT2D eigenvalue weighted by Crippen LogP contribution is -2.51. The fraction of sp³-hybridized carbons (Fsp3) is 0.529. The van der Waals surface area contributed by atoms with Crippen molar-refractivity contribution in [1.82, 2.24) is 4.90 Å². The van der Waals surface area contributed by atoms with Crippen molar-refractivity contribution in [3.63, 3.8) is 0 Å². The van der Waals surface area contributed by atoms with Gasteiger partial charge in [0.05, 0.1) is 10.6 Å². The van der Waals surface area contributed by atoms with Gasteiger partial charge in [0.2, 0.25) is 5.91 Å². The number of rotatable bonds is 1. The first kappa shape index (κ1) is 15.4. The van der Waals surface area contributed by atoms with Gasteiger partial charge >= 0.3 is 0 Å². The van der Waals surface area contributed by atoms with Crippen LogP contribution in [-0.4, -0.2) is 45.7 Å². The van der Waals surface area contributed by atoms with Crippen molar-refractivity contribution in [2.24, 2.45) is 0 Å². The first-order chi connectivity index (χ1) is 11.1. The fourth-order valence-electron chi connectivity index (χ4n) is 3.74. The third-order valence-corrected chi connectivity index (χ3v) is 7.59. The van der Waals surface area contributed by atoms with E-state index < -0.39 is 0 Å². The Balaban J connectivity index is 1.66. The van der Waals surface area contributed by atoms with E-state index in [-0.39, 0.29) is 22.7 Å². The third kappa shape index (κ3) is 2.47. The van der Waals surface area contributed by atoms with Crippen molar-refractivity contribution in [3.05, 3.63) is 24.3 Å². The van der Waals surface area contributed by atoms with E-state index in [1.54, 1.807) is 11.8 Å². The van der Waals surface area contributed by atoms with Crippen LogP contribution in [0.1, 0.15) is 26.2 Å². The van der Waals surface area contributed by atoms with Gasteiger partial charge in [0.15, 0.2) is 0 Å². The molecule has 3 aliphatic rings. The molecule has 0 aromatic heterocycles. The Bertz CT molecular complexity index is 666. The Hall–Kier alpha value is -1.14. The summed E-state index contributed by atoms with van der Waals surface area (Å²) in [4.78, 5) is 30.3. The van der Waals surface area contributed by atoms with Crippen LogP contribution in [0.2, 0.25) is 0 Å². The molecule has 4 rings (SSSR count). The largest absolute Gasteiger partial charge is 0.315 e. The smallest absolute Gasteiger partial charge is 0.250 e. The van der Waals surface area contributed by atoms with Crippen molar-refractivity contribution in [1.29, 1.82) is 0 Å². The Morgan fingerprint density at radius 3 is 3.04 bits per heavy atom. The summed E-state index contributed by atoms with van der Waals surface area (Å²) < 4.78 is 0. The number of nitrogens with zero attached hydrogens (tertiary/aromatic N) is 2. The molecule has 1 aromatic rings. The number of benzene rings is 1. The Morgan fingerprint density at radius 2 is 2.17 bits per heavy atom. The molecule has 0 spiro atoms. The molecule has 23 heavy (non-hydrogen) atoms. The van der Waals surface area contributed by atoms with Crippen LogP contribution in [0.3, 0.4) is 0 Å². The van der Waals surface area contributed by atoms with E-state index in [1.807, 2.05) is 39.8 Å². The summed E-state index contributed by atoms with van der Waals surface area (Å²) in [6.07, 6.45) is 2.41. The minimum atomic E-state index is -0.309. The van der Waals surface area contributed by atoms with Crippen LogP contribution >= 0.6 is 23.5 Å². The number of para-hydroxylation sites is 1. The van der Waals surface area contributed by atoms with Gasteiger partial charge in [0.25, 0.3) is 5.91 Å². The van der Waals surface area contributed by atoms with Gasteiger partial charge in [-0.15, -0.1) is 23.5 Å². The van der Waals surface area contributed by atoms with Gasteiger partial charge in [-0.2, -0.15) is 0 Å². The molecule has 1 aromatic carbocycles. The number of carbonyl (C=O) groups excluding carboxylic acids is 2. The number of carbonyl (C=O) groups is 2. The molecule has 2 atom stereocenters. The molecule has 0 unspecified atom stereocenters. The topological polar surface area (TPSA) is 40.6 Å². The number of fused-ring (bicyclic) bond motifs is 2. The molecule has 3 heterocycles. The first-order valence-electron chi connectivity index (χ1n) is 8.09. The van der Waals surface area contributed by atoms with Crippen LogP contribution in [0.5, 0.6) is 0 Å². The van der Waals surface area contributed by atoms with Crippen molar-refractivity contribution >= 4 is 41.0 Å². The van der Waals surface area contributed by atoms with E-state index in [0.29, 0.717) is 12.2 Å². The van der Waals surface area contributed by atoms with Gasteiger partial charge in [-0.05, 0) is 37.7 Å². The van der Waals surface area contributed by atoms with Crippen molar-refractivity contribution in [2.45, 2.75) is 42.0 Å². The lowest BCUT2D eigenvalue weighted by molar-refractivity contribution is -0.136. The SMILES string of the molecule is C[C@@]12CCC(=O)N1[C@@H](C(=O)N1CCCSc3ccccc31)CS2. The normalized spacial score (nSPS) is 30.1. The molecule has 2 fully saturated rings. The zero-order valence-electron chi connectivity index (χ0n) is 13.2. The maximum atomic E-state index is 13.3. The highest BCUT2D eigenvalue weighted by Crippen LogP contribution is 2.48. The molecule has 122 valence electrons. The lowest BCUT2D eigenvalue weighted by Gasteiger charge is -2.33. The van der Waals surface area contributed by atoms with E-state index in [2.05, 4.69) is 13.0 Å². The first-order valence-corrected chi connectivity index (χ1v) is 10.1. The van der Waals surface area contributed by atoms with E-state index in [0.717, 1.165) is 30.8 Å². The maximum Gasteiger partial charge on any atom is 0.250 e. The summed E-state index contributed by atoms with van der Waals surface area (Å²) >= 11 is 3.57. The Morgan fingerprint density at radius 1 is 1.35 bits per heavy atom.